The topological polar surface area (TPSA) is 115 Å². The monoisotopic (exact) mass is 329 g/mol. The van der Waals surface area contributed by atoms with E-state index < -0.39 is 11.8 Å². The van der Waals surface area contributed by atoms with Crippen molar-refractivity contribution in [3.05, 3.63) is 16.5 Å². The van der Waals surface area contributed by atoms with Crippen molar-refractivity contribution in [2.75, 3.05) is 18.0 Å². The number of amides is 2. The molecule has 0 aliphatic heterocycles. The van der Waals surface area contributed by atoms with E-state index in [1.54, 1.807) is 6.07 Å². The third-order valence-corrected chi connectivity index (χ3v) is 2.64. The summed E-state index contributed by atoms with van der Waals surface area (Å²) in [7, 11) is 0. The molecule has 0 aliphatic rings. The average molecular weight is 330 g/mol. The molecule has 0 saturated heterocycles. The molecule has 0 aromatic carbocycles. The van der Waals surface area contributed by atoms with Gasteiger partial charge in [0.1, 0.15) is 16.2 Å². The minimum atomic E-state index is -0.568. The molecule has 7 nitrogen and oxygen atoms in total. The van der Waals surface area contributed by atoms with Crippen molar-refractivity contribution >= 4 is 33.6 Å². The van der Waals surface area contributed by atoms with Gasteiger partial charge in [-0.15, -0.1) is 0 Å². The number of aromatic nitrogens is 2. The first-order chi connectivity index (χ1) is 8.79. The molecule has 0 aliphatic carbocycles. The minimum Gasteiger partial charge on any atom is -0.368 e. The number of carbonyl (C=O) groups is 2. The number of rotatable bonds is 6. The van der Waals surface area contributed by atoms with E-state index in [1.165, 1.54) is 4.90 Å². The maximum absolute atomic E-state index is 11.0. The van der Waals surface area contributed by atoms with Crippen LogP contribution in [0.4, 0.5) is 5.82 Å². The fourth-order valence-electron chi connectivity index (χ4n) is 1.44. The Labute approximate surface area is 119 Å². The number of primary amides is 2. The summed E-state index contributed by atoms with van der Waals surface area (Å²) in [6.07, 6.45) is 0. The first-order valence-corrected chi connectivity index (χ1v) is 6.45. The molecule has 0 spiro atoms. The molecule has 8 heteroatoms. The molecule has 0 saturated carbocycles. The van der Waals surface area contributed by atoms with E-state index in [0.29, 0.717) is 16.2 Å². The number of halogens is 1. The highest BCUT2D eigenvalue weighted by molar-refractivity contribution is 9.10. The second kappa shape index (κ2) is 6.46. The van der Waals surface area contributed by atoms with Crippen molar-refractivity contribution in [2.45, 2.75) is 19.8 Å². The molecular formula is C11H16BrN5O2. The average Bonchev–Trinajstić information content (AvgIpc) is 2.25. The Morgan fingerprint density at radius 3 is 2.21 bits per heavy atom. The summed E-state index contributed by atoms with van der Waals surface area (Å²) in [5.41, 5.74) is 10.3. The van der Waals surface area contributed by atoms with Crippen LogP contribution >= 0.6 is 15.9 Å². The molecule has 4 N–H and O–H groups in total. The van der Waals surface area contributed by atoms with Gasteiger partial charge in [-0.05, 0) is 15.9 Å². The third-order valence-electron chi connectivity index (χ3n) is 2.23. The van der Waals surface area contributed by atoms with Crippen LogP contribution in [0.25, 0.3) is 0 Å². The van der Waals surface area contributed by atoms with E-state index in [2.05, 4.69) is 25.9 Å². The smallest absolute Gasteiger partial charge is 0.237 e. The van der Waals surface area contributed by atoms with E-state index in [4.69, 9.17) is 11.5 Å². The molecule has 1 aromatic heterocycles. The predicted molar refractivity (Wildman–Crippen MR) is 74.4 cm³/mol. The van der Waals surface area contributed by atoms with Gasteiger partial charge < -0.3 is 16.4 Å². The van der Waals surface area contributed by atoms with Gasteiger partial charge in [0.15, 0.2) is 0 Å². The maximum atomic E-state index is 11.0. The van der Waals surface area contributed by atoms with Crippen molar-refractivity contribution in [1.29, 1.82) is 0 Å². The standard InChI is InChI=1S/C11H16BrN5O2/c1-6(2)11-15-7(12)3-10(16-11)17(4-8(13)18)5-9(14)19/h3,6H,4-5H2,1-2H3,(H2,13,18)(H2,14,19). The molecule has 19 heavy (non-hydrogen) atoms. The zero-order valence-corrected chi connectivity index (χ0v) is 12.3. The summed E-state index contributed by atoms with van der Waals surface area (Å²) in [4.78, 5) is 32.0. The molecule has 0 fully saturated rings. The fraction of sp³-hybridized carbons (Fsp3) is 0.455. The zero-order chi connectivity index (χ0) is 14.6. The Hall–Kier alpha value is -1.70. The Morgan fingerprint density at radius 2 is 1.79 bits per heavy atom. The summed E-state index contributed by atoms with van der Waals surface area (Å²) in [6, 6.07) is 1.61. The number of hydrogen-bond acceptors (Lipinski definition) is 5. The quantitative estimate of drug-likeness (QED) is 0.720. The Morgan fingerprint density at radius 1 is 1.26 bits per heavy atom. The first kappa shape index (κ1) is 15.4. The van der Waals surface area contributed by atoms with E-state index in [1.807, 2.05) is 13.8 Å². The van der Waals surface area contributed by atoms with Crippen LogP contribution in [-0.2, 0) is 9.59 Å². The van der Waals surface area contributed by atoms with Crippen molar-refractivity contribution in [3.8, 4) is 0 Å². The van der Waals surface area contributed by atoms with Crippen molar-refractivity contribution in [1.82, 2.24) is 9.97 Å². The Balaban J connectivity index is 3.13. The molecule has 104 valence electrons. The lowest BCUT2D eigenvalue weighted by Gasteiger charge is -2.21. The number of nitrogens with zero attached hydrogens (tertiary/aromatic N) is 3. The minimum absolute atomic E-state index is 0.111. The summed E-state index contributed by atoms with van der Waals surface area (Å²) in [5.74, 6) is 0.0101. The molecule has 0 bridgehead atoms. The lowest BCUT2D eigenvalue weighted by atomic mass is 10.2. The van der Waals surface area contributed by atoms with E-state index in [0.717, 1.165) is 0 Å². The molecule has 0 radical (unpaired) electrons. The van der Waals surface area contributed by atoms with E-state index in [9.17, 15) is 9.59 Å². The number of anilines is 1. The highest BCUT2D eigenvalue weighted by Gasteiger charge is 2.16. The van der Waals surface area contributed by atoms with Gasteiger partial charge in [-0.2, -0.15) is 0 Å². The predicted octanol–water partition coefficient (Wildman–Crippen LogP) is 0.140. The summed E-state index contributed by atoms with van der Waals surface area (Å²) < 4.78 is 0.570. The van der Waals surface area contributed by atoms with Gasteiger partial charge >= 0.3 is 0 Å². The second-order valence-corrected chi connectivity index (χ2v) is 5.16. The molecule has 2 amide bonds. The van der Waals surface area contributed by atoms with Gasteiger partial charge in [0.2, 0.25) is 11.8 Å². The second-order valence-electron chi connectivity index (χ2n) is 4.35. The van der Waals surface area contributed by atoms with Crippen LogP contribution in [0.3, 0.4) is 0 Å². The Bertz CT molecular complexity index is 476. The van der Waals surface area contributed by atoms with Crippen LogP contribution in [-0.4, -0.2) is 34.9 Å². The maximum Gasteiger partial charge on any atom is 0.237 e. The lowest BCUT2D eigenvalue weighted by molar-refractivity contribution is -0.117. The van der Waals surface area contributed by atoms with Crippen LogP contribution in [0.5, 0.6) is 0 Å². The van der Waals surface area contributed by atoms with Crippen LogP contribution in [0.15, 0.2) is 10.7 Å². The lowest BCUT2D eigenvalue weighted by Crippen LogP contribution is -2.40. The van der Waals surface area contributed by atoms with Crippen LogP contribution < -0.4 is 16.4 Å². The Kier molecular flexibility index (Phi) is 5.22. The summed E-state index contributed by atoms with van der Waals surface area (Å²) in [6.45, 7) is 3.62. The largest absolute Gasteiger partial charge is 0.368 e. The zero-order valence-electron chi connectivity index (χ0n) is 10.8. The summed E-state index contributed by atoms with van der Waals surface area (Å²) >= 11 is 3.27. The van der Waals surface area contributed by atoms with Gasteiger partial charge in [0.25, 0.3) is 0 Å². The van der Waals surface area contributed by atoms with Crippen molar-refractivity contribution in [2.24, 2.45) is 11.5 Å². The highest BCUT2D eigenvalue weighted by Crippen LogP contribution is 2.20. The number of carbonyl (C=O) groups excluding carboxylic acids is 2. The fourth-order valence-corrected chi connectivity index (χ4v) is 1.82. The normalized spacial score (nSPS) is 10.5. The molecule has 1 heterocycles. The van der Waals surface area contributed by atoms with Gasteiger partial charge in [-0.25, -0.2) is 9.97 Å². The summed E-state index contributed by atoms with van der Waals surface area (Å²) in [5, 5.41) is 0. The first-order valence-electron chi connectivity index (χ1n) is 5.65. The van der Waals surface area contributed by atoms with Gasteiger partial charge in [0, 0.05) is 12.0 Å². The van der Waals surface area contributed by atoms with Crippen LogP contribution in [0.1, 0.15) is 25.6 Å². The van der Waals surface area contributed by atoms with Gasteiger partial charge in [0.05, 0.1) is 13.1 Å². The van der Waals surface area contributed by atoms with Gasteiger partial charge in [-0.3, -0.25) is 9.59 Å². The molecule has 1 rings (SSSR count). The highest BCUT2D eigenvalue weighted by atomic mass is 79.9. The van der Waals surface area contributed by atoms with Crippen molar-refractivity contribution in [3.63, 3.8) is 0 Å². The third kappa shape index (κ3) is 4.82. The molecule has 0 atom stereocenters. The van der Waals surface area contributed by atoms with Crippen LogP contribution in [0, 0.1) is 0 Å². The molecule has 1 aromatic rings. The molecule has 0 unspecified atom stereocenters. The van der Waals surface area contributed by atoms with E-state index in [-0.39, 0.29) is 19.0 Å². The van der Waals surface area contributed by atoms with Crippen LogP contribution in [0.2, 0.25) is 0 Å². The number of nitrogens with two attached hydrogens (primary N) is 2. The molecular weight excluding hydrogens is 314 g/mol. The van der Waals surface area contributed by atoms with E-state index >= 15 is 0 Å². The SMILES string of the molecule is CC(C)c1nc(Br)cc(N(CC(N)=O)CC(N)=O)n1. The number of hydrogen-bond donors (Lipinski definition) is 2. The van der Waals surface area contributed by atoms with Crippen molar-refractivity contribution < 1.29 is 9.59 Å². The van der Waals surface area contributed by atoms with Gasteiger partial charge in [-0.1, -0.05) is 13.8 Å².